The lowest BCUT2D eigenvalue weighted by Crippen LogP contribution is -2.59. The van der Waals surface area contributed by atoms with E-state index < -0.39 is 0 Å². The predicted molar refractivity (Wildman–Crippen MR) is 66.5 cm³/mol. The van der Waals surface area contributed by atoms with E-state index in [4.69, 9.17) is 0 Å². The second-order valence-electron chi connectivity index (χ2n) is 5.81. The Hall–Kier alpha value is -0.120. The summed E-state index contributed by atoms with van der Waals surface area (Å²) in [5, 5.41) is 13.5. The molecule has 94 valence electrons. The number of rotatable bonds is 4. The number of aliphatic hydroxyl groups is 1. The molecule has 0 saturated heterocycles. The van der Waals surface area contributed by atoms with Crippen LogP contribution in [0, 0.1) is 0 Å². The van der Waals surface area contributed by atoms with Gasteiger partial charge in [-0.05, 0) is 46.2 Å². The summed E-state index contributed by atoms with van der Waals surface area (Å²) in [6.45, 7) is 1.04. The fraction of sp³-hybridized carbons (Fsp3) is 1.00. The molecule has 2 atom stereocenters. The first-order valence-electron chi connectivity index (χ1n) is 6.73. The highest BCUT2D eigenvalue weighted by molar-refractivity contribution is 4.98. The highest BCUT2D eigenvalue weighted by Gasteiger charge is 2.39. The van der Waals surface area contributed by atoms with E-state index in [0.717, 1.165) is 19.4 Å². The molecule has 2 N–H and O–H groups in total. The lowest BCUT2D eigenvalue weighted by Gasteiger charge is -2.48. The summed E-state index contributed by atoms with van der Waals surface area (Å²) in [5.74, 6) is 0. The maximum atomic E-state index is 9.92. The van der Waals surface area contributed by atoms with Crippen molar-refractivity contribution in [3.05, 3.63) is 0 Å². The molecular formula is C13H26N2O. The minimum Gasteiger partial charge on any atom is -0.392 e. The van der Waals surface area contributed by atoms with Crippen LogP contribution >= 0.6 is 0 Å². The number of nitrogens with one attached hydrogen (secondary N) is 1. The summed E-state index contributed by atoms with van der Waals surface area (Å²) >= 11 is 0. The minimum atomic E-state index is -0.118. The van der Waals surface area contributed by atoms with Crippen LogP contribution in [0.5, 0.6) is 0 Å². The van der Waals surface area contributed by atoms with Gasteiger partial charge in [-0.25, -0.2) is 0 Å². The van der Waals surface area contributed by atoms with Crippen molar-refractivity contribution >= 4 is 0 Å². The highest BCUT2D eigenvalue weighted by Crippen LogP contribution is 2.35. The Bertz CT molecular complexity index is 226. The fourth-order valence-electron chi connectivity index (χ4n) is 3.04. The first kappa shape index (κ1) is 12.3. The first-order valence-corrected chi connectivity index (χ1v) is 6.73. The quantitative estimate of drug-likeness (QED) is 0.760. The van der Waals surface area contributed by atoms with E-state index in [0.29, 0.717) is 11.6 Å². The number of aliphatic hydroxyl groups excluding tert-OH is 1. The standard InChI is InChI=1S/C13H26N2O/c1-15(2)13(8-5-9-13)10-14-11-6-3-4-7-12(11)16/h11-12,14,16H,3-10H2,1-2H3/t11-,12-/m0/s1. The number of hydrogen-bond donors (Lipinski definition) is 2. The maximum Gasteiger partial charge on any atom is 0.0693 e. The van der Waals surface area contributed by atoms with Gasteiger partial charge in [-0.2, -0.15) is 0 Å². The van der Waals surface area contributed by atoms with E-state index in [2.05, 4.69) is 24.3 Å². The summed E-state index contributed by atoms with van der Waals surface area (Å²) in [4.78, 5) is 2.36. The molecule has 2 fully saturated rings. The van der Waals surface area contributed by atoms with Gasteiger partial charge in [0, 0.05) is 18.1 Å². The second-order valence-corrected chi connectivity index (χ2v) is 5.81. The van der Waals surface area contributed by atoms with Gasteiger partial charge < -0.3 is 15.3 Å². The van der Waals surface area contributed by atoms with Gasteiger partial charge in [0.15, 0.2) is 0 Å². The summed E-state index contributed by atoms with van der Waals surface area (Å²) in [7, 11) is 4.36. The smallest absolute Gasteiger partial charge is 0.0693 e. The third-order valence-corrected chi connectivity index (χ3v) is 4.66. The van der Waals surface area contributed by atoms with E-state index in [1.807, 2.05) is 0 Å². The Morgan fingerprint density at radius 2 is 1.88 bits per heavy atom. The van der Waals surface area contributed by atoms with Crippen molar-refractivity contribution in [3.8, 4) is 0 Å². The van der Waals surface area contributed by atoms with Crippen molar-refractivity contribution < 1.29 is 5.11 Å². The van der Waals surface area contributed by atoms with E-state index in [1.54, 1.807) is 0 Å². The van der Waals surface area contributed by atoms with Crippen LogP contribution in [0.25, 0.3) is 0 Å². The van der Waals surface area contributed by atoms with Crippen LogP contribution in [0.2, 0.25) is 0 Å². The average molecular weight is 226 g/mol. The molecule has 0 heterocycles. The van der Waals surface area contributed by atoms with Crippen molar-refractivity contribution in [2.75, 3.05) is 20.6 Å². The van der Waals surface area contributed by atoms with Crippen molar-refractivity contribution in [1.82, 2.24) is 10.2 Å². The number of likely N-dealkylation sites (N-methyl/N-ethyl adjacent to an activating group) is 1. The van der Waals surface area contributed by atoms with Crippen LogP contribution in [-0.4, -0.2) is 48.3 Å². The molecule has 3 heteroatoms. The van der Waals surface area contributed by atoms with E-state index in [-0.39, 0.29) is 6.10 Å². The monoisotopic (exact) mass is 226 g/mol. The topological polar surface area (TPSA) is 35.5 Å². The fourth-order valence-corrected chi connectivity index (χ4v) is 3.04. The van der Waals surface area contributed by atoms with Crippen LogP contribution in [0.3, 0.4) is 0 Å². The minimum absolute atomic E-state index is 0.118. The van der Waals surface area contributed by atoms with Gasteiger partial charge >= 0.3 is 0 Å². The SMILES string of the molecule is CN(C)C1(CN[C@H]2CCCC[C@@H]2O)CCC1. The molecule has 2 rings (SSSR count). The summed E-state index contributed by atoms with van der Waals surface area (Å²) in [6.07, 6.45) is 8.42. The lowest BCUT2D eigenvalue weighted by molar-refractivity contribution is 0.0376. The Labute approximate surface area is 99.2 Å². The molecule has 2 aliphatic rings. The second kappa shape index (κ2) is 5.03. The molecule has 0 amide bonds. The molecule has 0 aromatic rings. The van der Waals surface area contributed by atoms with Gasteiger partial charge in [0.25, 0.3) is 0 Å². The van der Waals surface area contributed by atoms with Gasteiger partial charge in [-0.3, -0.25) is 0 Å². The predicted octanol–water partition coefficient (Wildman–Crippen LogP) is 1.36. The lowest BCUT2D eigenvalue weighted by atomic mass is 9.75. The Balaban J connectivity index is 1.81. The van der Waals surface area contributed by atoms with Crippen LogP contribution in [-0.2, 0) is 0 Å². The first-order chi connectivity index (χ1) is 7.64. The van der Waals surface area contributed by atoms with Crippen LogP contribution < -0.4 is 5.32 Å². The normalized spacial score (nSPS) is 33.8. The van der Waals surface area contributed by atoms with E-state index >= 15 is 0 Å². The Morgan fingerprint density at radius 1 is 1.19 bits per heavy atom. The van der Waals surface area contributed by atoms with Crippen LogP contribution in [0.1, 0.15) is 44.9 Å². The molecule has 16 heavy (non-hydrogen) atoms. The summed E-state index contributed by atoms with van der Waals surface area (Å²) in [5.41, 5.74) is 0.372. The van der Waals surface area contributed by atoms with Crippen molar-refractivity contribution in [3.63, 3.8) is 0 Å². The third-order valence-electron chi connectivity index (χ3n) is 4.66. The number of hydrogen-bond acceptors (Lipinski definition) is 3. The molecule has 0 spiro atoms. The summed E-state index contributed by atoms with van der Waals surface area (Å²) < 4.78 is 0. The van der Waals surface area contributed by atoms with Gasteiger partial charge in [0.2, 0.25) is 0 Å². The zero-order valence-electron chi connectivity index (χ0n) is 10.7. The molecule has 0 aromatic heterocycles. The summed E-state index contributed by atoms with van der Waals surface area (Å²) in [6, 6.07) is 0.339. The van der Waals surface area contributed by atoms with Crippen LogP contribution in [0.15, 0.2) is 0 Å². The molecular weight excluding hydrogens is 200 g/mol. The average Bonchev–Trinajstić information content (AvgIpc) is 2.18. The molecule has 2 saturated carbocycles. The molecule has 0 unspecified atom stereocenters. The molecule has 0 radical (unpaired) electrons. The van der Waals surface area contributed by atoms with E-state index in [1.165, 1.54) is 32.1 Å². The number of nitrogens with zero attached hydrogens (tertiary/aromatic N) is 1. The molecule has 2 aliphatic carbocycles. The van der Waals surface area contributed by atoms with Gasteiger partial charge in [-0.15, -0.1) is 0 Å². The zero-order valence-corrected chi connectivity index (χ0v) is 10.7. The van der Waals surface area contributed by atoms with Gasteiger partial charge in [0.05, 0.1) is 6.10 Å². The third kappa shape index (κ3) is 2.41. The van der Waals surface area contributed by atoms with Crippen molar-refractivity contribution in [1.29, 1.82) is 0 Å². The van der Waals surface area contributed by atoms with Crippen molar-refractivity contribution in [2.24, 2.45) is 0 Å². The Kier molecular flexibility index (Phi) is 3.88. The molecule has 0 aliphatic heterocycles. The zero-order chi connectivity index (χ0) is 11.6. The molecule has 0 bridgehead atoms. The molecule has 3 nitrogen and oxygen atoms in total. The largest absolute Gasteiger partial charge is 0.392 e. The van der Waals surface area contributed by atoms with Gasteiger partial charge in [0.1, 0.15) is 0 Å². The van der Waals surface area contributed by atoms with Gasteiger partial charge in [-0.1, -0.05) is 12.8 Å². The maximum absolute atomic E-state index is 9.92. The van der Waals surface area contributed by atoms with Crippen molar-refractivity contribution in [2.45, 2.75) is 62.6 Å². The molecule has 0 aromatic carbocycles. The Morgan fingerprint density at radius 3 is 2.38 bits per heavy atom. The van der Waals surface area contributed by atoms with Crippen LogP contribution in [0.4, 0.5) is 0 Å². The van der Waals surface area contributed by atoms with E-state index in [9.17, 15) is 5.11 Å². The highest BCUT2D eigenvalue weighted by atomic mass is 16.3.